The SMILES string of the molecule is COCC(C)NS(=O)(=O)c1ccc(NC(=O)c2ccc(Cl)c(Cl)c2)cc1. The fraction of sp³-hybridized carbons (Fsp3) is 0.235. The standard InChI is InChI=1S/C17H18Cl2N2O4S/c1-11(10-25-2)21-26(23,24)14-6-4-13(5-7-14)20-17(22)12-3-8-15(18)16(19)9-12/h3-9,11,21H,10H2,1-2H3,(H,20,22). The molecular formula is C17H18Cl2N2O4S. The van der Waals surface area contributed by atoms with Crippen molar-refractivity contribution in [2.75, 3.05) is 19.0 Å². The Morgan fingerprint density at radius 1 is 1.12 bits per heavy atom. The molecule has 0 bridgehead atoms. The first kappa shape index (κ1) is 20.7. The molecule has 2 rings (SSSR count). The third kappa shape index (κ3) is 5.43. The minimum absolute atomic E-state index is 0.0907. The Balaban J connectivity index is 2.09. The predicted octanol–water partition coefficient (Wildman–Crippen LogP) is 3.56. The lowest BCUT2D eigenvalue weighted by Gasteiger charge is -2.13. The van der Waals surface area contributed by atoms with Crippen LogP contribution in [-0.2, 0) is 14.8 Å². The lowest BCUT2D eigenvalue weighted by atomic mass is 10.2. The summed E-state index contributed by atoms with van der Waals surface area (Å²) in [5.74, 6) is -0.383. The molecule has 1 unspecified atom stereocenters. The number of carbonyl (C=O) groups is 1. The van der Waals surface area contributed by atoms with Gasteiger partial charge < -0.3 is 10.1 Å². The highest BCUT2D eigenvalue weighted by atomic mass is 35.5. The number of hydrogen-bond donors (Lipinski definition) is 2. The summed E-state index contributed by atoms with van der Waals surface area (Å²) in [4.78, 5) is 12.3. The Morgan fingerprint density at radius 3 is 2.35 bits per heavy atom. The van der Waals surface area contributed by atoms with E-state index in [0.29, 0.717) is 16.3 Å². The average Bonchev–Trinajstić information content (AvgIpc) is 2.57. The van der Waals surface area contributed by atoms with E-state index in [-0.39, 0.29) is 28.5 Å². The molecule has 140 valence electrons. The minimum atomic E-state index is -3.66. The van der Waals surface area contributed by atoms with Gasteiger partial charge in [-0.25, -0.2) is 13.1 Å². The van der Waals surface area contributed by atoms with Crippen molar-refractivity contribution in [3.05, 3.63) is 58.1 Å². The van der Waals surface area contributed by atoms with Crippen LogP contribution in [0.1, 0.15) is 17.3 Å². The number of methoxy groups -OCH3 is 1. The Kier molecular flexibility index (Phi) is 7.02. The Hall–Kier alpha value is -1.64. The van der Waals surface area contributed by atoms with E-state index in [1.165, 1.54) is 43.5 Å². The lowest BCUT2D eigenvalue weighted by Crippen LogP contribution is -2.35. The molecule has 0 aliphatic heterocycles. The average molecular weight is 417 g/mol. The first-order chi connectivity index (χ1) is 12.2. The molecule has 0 aliphatic rings. The van der Waals surface area contributed by atoms with Crippen molar-refractivity contribution in [3.63, 3.8) is 0 Å². The number of rotatable bonds is 7. The summed E-state index contributed by atoms with van der Waals surface area (Å²) in [6, 6.07) is 10.00. The summed E-state index contributed by atoms with van der Waals surface area (Å²) in [7, 11) is -2.17. The van der Waals surface area contributed by atoms with Crippen molar-refractivity contribution in [1.82, 2.24) is 4.72 Å². The first-order valence-electron chi connectivity index (χ1n) is 7.60. The fourth-order valence-corrected chi connectivity index (χ4v) is 3.70. The normalized spacial score (nSPS) is 12.6. The molecule has 0 aromatic heterocycles. The second-order valence-corrected chi connectivity index (χ2v) is 8.11. The van der Waals surface area contributed by atoms with E-state index in [1.54, 1.807) is 13.0 Å². The zero-order valence-electron chi connectivity index (χ0n) is 14.1. The number of halogens is 2. The van der Waals surface area contributed by atoms with Gasteiger partial charge in [-0.2, -0.15) is 0 Å². The fourth-order valence-electron chi connectivity index (χ4n) is 2.17. The van der Waals surface area contributed by atoms with E-state index >= 15 is 0 Å². The molecule has 0 heterocycles. The van der Waals surface area contributed by atoms with Crippen LogP contribution in [0.25, 0.3) is 0 Å². The van der Waals surface area contributed by atoms with Crippen LogP contribution >= 0.6 is 23.2 Å². The highest BCUT2D eigenvalue weighted by Crippen LogP contribution is 2.23. The van der Waals surface area contributed by atoms with E-state index in [4.69, 9.17) is 27.9 Å². The smallest absolute Gasteiger partial charge is 0.255 e. The van der Waals surface area contributed by atoms with Crippen LogP contribution in [0, 0.1) is 0 Å². The van der Waals surface area contributed by atoms with Gasteiger partial charge in [0.05, 0.1) is 21.5 Å². The summed E-state index contributed by atoms with van der Waals surface area (Å²) >= 11 is 11.7. The van der Waals surface area contributed by atoms with Gasteiger partial charge in [0, 0.05) is 24.4 Å². The van der Waals surface area contributed by atoms with E-state index in [2.05, 4.69) is 10.0 Å². The molecule has 9 heteroatoms. The summed E-state index contributed by atoms with van der Waals surface area (Å²) in [5.41, 5.74) is 0.788. The number of anilines is 1. The van der Waals surface area contributed by atoms with E-state index in [1.807, 2.05) is 0 Å². The van der Waals surface area contributed by atoms with Crippen LogP contribution in [0.4, 0.5) is 5.69 Å². The van der Waals surface area contributed by atoms with Crippen LogP contribution in [0.2, 0.25) is 10.0 Å². The second-order valence-electron chi connectivity index (χ2n) is 5.59. The van der Waals surface area contributed by atoms with E-state index in [9.17, 15) is 13.2 Å². The molecule has 2 aromatic carbocycles. The number of sulfonamides is 1. The third-order valence-electron chi connectivity index (χ3n) is 3.38. The summed E-state index contributed by atoms with van der Waals surface area (Å²) < 4.78 is 31.9. The molecule has 0 fully saturated rings. The molecular weight excluding hydrogens is 399 g/mol. The molecule has 0 saturated carbocycles. The van der Waals surface area contributed by atoms with Gasteiger partial charge in [-0.1, -0.05) is 23.2 Å². The molecule has 0 spiro atoms. The van der Waals surface area contributed by atoms with Crippen molar-refractivity contribution in [2.45, 2.75) is 17.9 Å². The quantitative estimate of drug-likeness (QED) is 0.722. The monoisotopic (exact) mass is 416 g/mol. The Labute approximate surface area is 162 Å². The number of amides is 1. The van der Waals surface area contributed by atoms with Crippen molar-refractivity contribution in [3.8, 4) is 0 Å². The highest BCUT2D eigenvalue weighted by molar-refractivity contribution is 7.89. The van der Waals surface area contributed by atoms with Crippen LogP contribution in [0.15, 0.2) is 47.4 Å². The molecule has 2 aromatic rings. The lowest BCUT2D eigenvalue weighted by molar-refractivity contribution is 0.102. The van der Waals surface area contributed by atoms with E-state index < -0.39 is 10.0 Å². The summed E-state index contributed by atoms with van der Waals surface area (Å²) in [6.45, 7) is 1.96. The highest BCUT2D eigenvalue weighted by Gasteiger charge is 2.17. The zero-order chi connectivity index (χ0) is 19.3. The third-order valence-corrected chi connectivity index (χ3v) is 5.72. The molecule has 2 N–H and O–H groups in total. The van der Waals surface area contributed by atoms with Gasteiger partial charge >= 0.3 is 0 Å². The molecule has 1 amide bonds. The van der Waals surface area contributed by atoms with Crippen molar-refractivity contribution in [2.24, 2.45) is 0 Å². The molecule has 1 atom stereocenters. The van der Waals surface area contributed by atoms with Gasteiger partial charge in [0.25, 0.3) is 5.91 Å². The Bertz CT molecular complexity index is 886. The molecule has 26 heavy (non-hydrogen) atoms. The maximum absolute atomic E-state index is 12.3. The van der Waals surface area contributed by atoms with Crippen molar-refractivity contribution < 1.29 is 17.9 Å². The van der Waals surface area contributed by atoms with E-state index in [0.717, 1.165) is 0 Å². The number of benzene rings is 2. The van der Waals surface area contributed by atoms with Gasteiger partial charge in [-0.3, -0.25) is 4.79 Å². The number of hydrogen-bond acceptors (Lipinski definition) is 4. The Morgan fingerprint density at radius 2 is 1.77 bits per heavy atom. The molecule has 0 radical (unpaired) electrons. The number of nitrogens with one attached hydrogen (secondary N) is 2. The van der Waals surface area contributed by atoms with Crippen molar-refractivity contribution in [1.29, 1.82) is 0 Å². The largest absolute Gasteiger partial charge is 0.383 e. The molecule has 6 nitrogen and oxygen atoms in total. The van der Waals surface area contributed by atoms with Crippen LogP contribution in [-0.4, -0.2) is 34.1 Å². The predicted molar refractivity (Wildman–Crippen MR) is 103 cm³/mol. The molecule has 0 aliphatic carbocycles. The van der Waals surface area contributed by atoms with Gasteiger partial charge in [-0.05, 0) is 49.4 Å². The summed E-state index contributed by atoms with van der Waals surface area (Å²) in [6.07, 6.45) is 0. The maximum Gasteiger partial charge on any atom is 0.255 e. The number of carbonyl (C=O) groups excluding carboxylic acids is 1. The van der Waals surface area contributed by atoms with Gasteiger partial charge in [-0.15, -0.1) is 0 Å². The second kappa shape index (κ2) is 8.83. The van der Waals surface area contributed by atoms with Gasteiger partial charge in [0.1, 0.15) is 0 Å². The first-order valence-corrected chi connectivity index (χ1v) is 9.84. The molecule has 0 saturated heterocycles. The van der Waals surface area contributed by atoms with Gasteiger partial charge in [0.2, 0.25) is 10.0 Å². The topological polar surface area (TPSA) is 84.5 Å². The maximum atomic E-state index is 12.3. The van der Waals surface area contributed by atoms with Crippen molar-refractivity contribution >= 4 is 44.8 Å². The minimum Gasteiger partial charge on any atom is -0.383 e. The van der Waals surface area contributed by atoms with Crippen LogP contribution < -0.4 is 10.0 Å². The van der Waals surface area contributed by atoms with Gasteiger partial charge in [0.15, 0.2) is 0 Å². The van der Waals surface area contributed by atoms with Crippen LogP contribution in [0.5, 0.6) is 0 Å². The zero-order valence-corrected chi connectivity index (χ0v) is 16.5. The number of ether oxygens (including phenoxy) is 1. The van der Waals surface area contributed by atoms with Crippen LogP contribution in [0.3, 0.4) is 0 Å². The summed E-state index contributed by atoms with van der Waals surface area (Å²) in [5, 5.41) is 3.30.